The maximum atomic E-state index is 6.24. The van der Waals surface area contributed by atoms with Crippen LogP contribution >= 0.6 is 27.3 Å². The van der Waals surface area contributed by atoms with E-state index in [0.29, 0.717) is 0 Å². The fourth-order valence-electron chi connectivity index (χ4n) is 1.88. The Balaban J connectivity index is 2.17. The molecule has 0 fully saturated rings. The molecule has 0 aromatic carbocycles. The van der Waals surface area contributed by atoms with Crippen LogP contribution in [0.1, 0.15) is 27.9 Å². The van der Waals surface area contributed by atoms with Crippen molar-refractivity contribution in [1.82, 2.24) is 4.98 Å². The van der Waals surface area contributed by atoms with Gasteiger partial charge in [0.05, 0.1) is 3.79 Å². The molecule has 1 unspecified atom stereocenters. The standard InChI is InChI=1S/C13H15BrN2S/c1-8-3-5-11(9(2)16-8)12(15)7-10-4-6-13(14)17-10/h3-6,12H,7,15H2,1-2H3. The first-order valence-corrected chi connectivity index (χ1v) is 7.11. The van der Waals surface area contributed by atoms with Gasteiger partial charge in [0.2, 0.25) is 0 Å². The quantitative estimate of drug-likeness (QED) is 0.937. The summed E-state index contributed by atoms with van der Waals surface area (Å²) in [5.41, 5.74) is 9.45. The van der Waals surface area contributed by atoms with E-state index >= 15 is 0 Å². The fourth-order valence-corrected chi connectivity index (χ4v) is 3.42. The van der Waals surface area contributed by atoms with Crippen LogP contribution in [0.3, 0.4) is 0 Å². The van der Waals surface area contributed by atoms with Crippen molar-refractivity contribution in [2.45, 2.75) is 26.3 Å². The van der Waals surface area contributed by atoms with Crippen LogP contribution in [0.25, 0.3) is 0 Å². The molecule has 2 N–H and O–H groups in total. The van der Waals surface area contributed by atoms with Crippen LogP contribution in [0.4, 0.5) is 0 Å². The Morgan fingerprint density at radius 1 is 1.29 bits per heavy atom. The lowest BCUT2D eigenvalue weighted by molar-refractivity contribution is 0.717. The molecule has 0 radical (unpaired) electrons. The zero-order valence-electron chi connectivity index (χ0n) is 9.90. The molecule has 0 aliphatic rings. The lowest BCUT2D eigenvalue weighted by Gasteiger charge is -2.13. The largest absolute Gasteiger partial charge is 0.324 e. The average Bonchev–Trinajstić information content (AvgIpc) is 2.63. The van der Waals surface area contributed by atoms with Gasteiger partial charge in [0.15, 0.2) is 0 Å². The monoisotopic (exact) mass is 310 g/mol. The summed E-state index contributed by atoms with van der Waals surface area (Å²) in [7, 11) is 0. The Kier molecular flexibility index (Phi) is 3.97. The van der Waals surface area contributed by atoms with Crippen molar-refractivity contribution < 1.29 is 0 Å². The van der Waals surface area contributed by atoms with E-state index in [1.54, 1.807) is 11.3 Å². The normalized spacial score (nSPS) is 12.7. The van der Waals surface area contributed by atoms with Crippen molar-refractivity contribution >= 4 is 27.3 Å². The molecule has 0 bridgehead atoms. The average molecular weight is 311 g/mol. The highest BCUT2D eigenvalue weighted by Gasteiger charge is 2.11. The van der Waals surface area contributed by atoms with Crippen LogP contribution in [-0.4, -0.2) is 4.98 Å². The van der Waals surface area contributed by atoms with Gasteiger partial charge in [0.25, 0.3) is 0 Å². The summed E-state index contributed by atoms with van der Waals surface area (Å²) in [6, 6.07) is 8.31. The second kappa shape index (κ2) is 5.29. The van der Waals surface area contributed by atoms with Gasteiger partial charge in [-0.3, -0.25) is 4.98 Å². The highest BCUT2D eigenvalue weighted by atomic mass is 79.9. The molecule has 2 aromatic heterocycles. The van der Waals surface area contributed by atoms with Crippen molar-refractivity contribution in [3.05, 3.63) is 49.9 Å². The Hall–Kier alpha value is -0.710. The molecule has 0 aliphatic carbocycles. The molecule has 90 valence electrons. The van der Waals surface area contributed by atoms with E-state index in [0.717, 1.165) is 27.2 Å². The fraction of sp³-hybridized carbons (Fsp3) is 0.308. The molecule has 0 spiro atoms. The molecule has 1 atom stereocenters. The third-order valence-corrected chi connectivity index (χ3v) is 4.36. The van der Waals surface area contributed by atoms with E-state index in [2.05, 4.69) is 39.1 Å². The third-order valence-electron chi connectivity index (χ3n) is 2.72. The van der Waals surface area contributed by atoms with Crippen LogP contribution < -0.4 is 5.73 Å². The smallest absolute Gasteiger partial charge is 0.0701 e. The zero-order valence-corrected chi connectivity index (χ0v) is 12.3. The Labute approximate surface area is 114 Å². The minimum Gasteiger partial charge on any atom is -0.324 e. The third kappa shape index (κ3) is 3.15. The summed E-state index contributed by atoms with van der Waals surface area (Å²) >= 11 is 5.20. The molecule has 4 heteroatoms. The van der Waals surface area contributed by atoms with Gasteiger partial charge >= 0.3 is 0 Å². The molecule has 17 heavy (non-hydrogen) atoms. The second-order valence-electron chi connectivity index (χ2n) is 4.14. The van der Waals surface area contributed by atoms with E-state index in [9.17, 15) is 0 Å². The molecule has 0 amide bonds. The lowest BCUT2D eigenvalue weighted by Crippen LogP contribution is -2.14. The molecular formula is C13H15BrN2S. The van der Waals surface area contributed by atoms with Crippen LogP contribution in [0.5, 0.6) is 0 Å². The van der Waals surface area contributed by atoms with E-state index < -0.39 is 0 Å². The molecule has 0 aliphatic heterocycles. The first-order valence-electron chi connectivity index (χ1n) is 5.50. The van der Waals surface area contributed by atoms with Gasteiger partial charge in [-0.2, -0.15) is 0 Å². The van der Waals surface area contributed by atoms with E-state index in [4.69, 9.17) is 5.73 Å². The molecular weight excluding hydrogens is 296 g/mol. The highest BCUT2D eigenvalue weighted by molar-refractivity contribution is 9.11. The predicted octanol–water partition coefficient (Wildman–Crippen LogP) is 3.76. The van der Waals surface area contributed by atoms with Crippen molar-refractivity contribution in [2.24, 2.45) is 5.73 Å². The number of rotatable bonds is 3. The van der Waals surface area contributed by atoms with Gasteiger partial charge in [-0.1, -0.05) is 6.07 Å². The molecule has 2 nitrogen and oxygen atoms in total. The zero-order chi connectivity index (χ0) is 12.4. The lowest BCUT2D eigenvalue weighted by atomic mass is 10.0. The number of aromatic nitrogens is 1. The highest BCUT2D eigenvalue weighted by Crippen LogP contribution is 2.26. The summed E-state index contributed by atoms with van der Waals surface area (Å²) in [6.45, 7) is 4.02. The van der Waals surface area contributed by atoms with Crippen molar-refractivity contribution in [1.29, 1.82) is 0 Å². The number of thiophene rings is 1. The van der Waals surface area contributed by atoms with Gasteiger partial charge in [-0.25, -0.2) is 0 Å². The first kappa shape index (κ1) is 12.7. The number of nitrogens with zero attached hydrogens (tertiary/aromatic N) is 1. The number of pyridine rings is 1. The van der Waals surface area contributed by atoms with Crippen LogP contribution in [0.15, 0.2) is 28.1 Å². The molecule has 2 rings (SSSR count). The molecule has 0 saturated carbocycles. The van der Waals surface area contributed by atoms with Gasteiger partial charge in [0, 0.05) is 28.7 Å². The van der Waals surface area contributed by atoms with E-state index in [1.165, 1.54) is 4.88 Å². The second-order valence-corrected chi connectivity index (χ2v) is 6.69. The van der Waals surface area contributed by atoms with E-state index in [1.807, 2.05) is 19.9 Å². The summed E-state index contributed by atoms with van der Waals surface area (Å²) in [6.07, 6.45) is 0.863. The molecule has 0 saturated heterocycles. The summed E-state index contributed by atoms with van der Waals surface area (Å²) in [5, 5.41) is 0. The van der Waals surface area contributed by atoms with Crippen molar-refractivity contribution in [2.75, 3.05) is 0 Å². The minimum absolute atomic E-state index is 0.0219. The van der Waals surface area contributed by atoms with E-state index in [-0.39, 0.29) is 6.04 Å². The van der Waals surface area contributed by atoms with Gasteiger partial charge in [0.1, 0.15) is 0 Å². The maximum absolute atomic E-state index is 6.24. The molecule has 2 aromatic rings. The van der Waals surface area contributed by atoms with Crippen molar-refractivity contribution in [3.63, 3.8) is 0 Å². The summed E-state index contributed by atoms with van der Waals surface area (Å²) < 4.78 is 1.15. The van der Waals surface area contributed by atoms with Crippen LogP contribution in [0, 0.1) is 13.8 Å². The predicted molar refractivity (Wildman–Crippen MR) is 76.4 cm³/mol. The SMILES string of the molecule is Cc1ccc(C(N)Cc2ccc(Br)s2)c(C)n1. The van der Waals surface area contributed by atoms with Crippen molar-refractivity contribution in [3.8, 4) is 0 Å². The number of halogens is 1. The number of hydrogen-bond acceptors (Lipinski definition) is 3. The number of nitrogens with two attached hydrogens (primary N) is 1. The first-order chi connectivity index (χ1) is 8.06. The van der Waals surface area contributed by atoms with Gasteiger partial charge in [-0.15, -0.1) is 11.3 Å². The Bertz CT molecular complexity index is 522. The van der Waals surface area contributed by atoms with Gasteiger partial charge in [-0.05, 0) is 53.5 Å². The Morgan fingerprint density at radius 3 is 2.65 bits per heavy atom. The number of aryl methyl sites for hydroxylation is 2. The maximum Gasteiger partial charge on any atom is 0.0701 e. The topological polar surface area (TPSA) is 38.9 Å². The Morgan fingerprint density at radius 2 is 2.06 bits per heavy atom. The van der Waals surface area contributed by atoms with Crippen LogP contribution in [-0.2, 0) is 6.42 Å². The summed E-state index contributed by atoms with van der Waals surface area (Å²) in [4.78, 5) is 5.75. The number of hydrogen-bond donors (Lipinski definition) is 1. The molecule has 2 heterocycles. The minimum atomic E-state index is 0.0219. The van der Waals surface area contributed by atoms with Gasteiger partial charge < -0.3 is 5.73 Å². The van der Waals surface area contributed by atoms with Crippen LogP contribution in [0.2, 0.25) is 0 Å². The summed E-state index contributed by atoms with van der Waals surface area (Å²) in [5.74, 6) is 0.